The Morgan fingerprint density at radius 1 is 0.171 bits per heavy atom. The minimum atomic E-state index is 1.11. The van der Waals surface area contributed by atoms with E-state index in [0.717, 1.165) is 45.3 Å². The van der Waals surface area contributed by atoms with Crippen LogP contribution in [0.4, 0.5) is 34.1 Å². The van der Waals surface area contributed by atoms with Gasteiger partial charge in [0.25, 0.3) is 0 Å². The summed E-state index contributed by atoms with van der Waals surface area (Å²) < 4.78 is 0. The van der Waals surface area contributed by atoms with Gasteiger partial charge in [0.15, 0.2) is 0 Å². The Kier molecular flexibility index (Phi) is 9.79. The molecule has 10 aromatic rings. The highest BCUT2D eigenvalue weighted by atomic mass is 15.1. The predicted molar refractivity (Wildman–Crippen MR) is 293 cm³/mol. The first-order valence-corrected chi connectivity index (χ1v) is 25.3. The van der Waals surface area contributed by atoms with Gasteiger partial charge in [-0.15, -0.1) is 0 Å². The van der Waals surface area contributed by atoms with Crippen molar-refractivity contribution < 1.29 is 0 Å². The largest absolute Gasteiger partial charge is 0.310 e. The van der Waals surface area contributed by atoms with E-state index < -0.39 is 0 Å². The molecular formula is C68H52N2. The Balaban J connectivity index is 0.826. The molecule has 0 unspecified atom stereocenters. The molecule has 14 rings (SSSR count). The first-order chi connectivity index (χ1) is 34.6. The SMILES string of the molecule is c1cc(-c2cccc(N(c3ccc(-c4ccc5c(c4)CC5)cc3)c3ccc(-c4ccc5c(c4)CC5)cc3)c2)cc(N(c2ccc(-c3ccc4c(c3)CC4)cc2)c2ccc(-c3ccc4c(c3)CC4)cc2)c1. The highest BCUT2D eigenvalue weighted by molar-refractivity contribution is 5.86. The van der Waals surface area contributed by atoms with Crippen molar-refractivity contribution in [1.29, 1.82) is 0 Å². The molecule has 0 radical (unpaired) electrons. The first kappa shape index (κ1) is 40.8. The fourth-order valence-corrected chi connectivity index (χ4v) is 11.3. The quantitative estimate of drug-likeness (QED) is 0.128. The molecular weight excluding hydrogens is 845 g/mol. The Labute approximate surface area is 411 Å². The third-order valence-corrected chi connectivity index (χ3v) is 15.9. The van der Waals surface area contributed by atoms with Gasteiger partial charge < -0.3 is 9.80 Å². The molecule has 0 atom stereocenters. The molecule has 2 nitrogen and oxygen atoms in total. The van der Waals surface area contributed by atoms with Gasteiger partial charge in [0.2, 0.25) is 0 Å². The molecule has 2 heteroatoms. The normalized spacial score (nSPS) is 13.5. The van der Waals surface area contributed by atoms with Gasteiger partial charge in [0.05, 0.1) is 0 Å². The van der Waals surface area contributed by atoms with E-state index in [0.29, 0.717) is 0 Å². The summed E-state index contributed by atoms with van der Waals surface area (Å²) in [7, 11) is 0. The van der Waals surface area contributed by atoms with Gasteiger partial charge in [-0.3, -0.25) is 0 Å². The molecule has 0 aliphatic heterocycles. The van der Waals surface area contributed by atoms with Crippen LogP contribution in [-0.2, 0) is 51.4 Å². The van der Waals surface area contributed by atoms with Gasteiger partial charge in [-0.05, 0) is 224 Å². The molecule has 4 aliphatic rings. The number of fused-ring (bicyclic) bond motifs is 4. The summed E-state index contributed by atoms with van der Waals surface area (Å²) in [6, 6.07) is 82.6. The van der Waals surface area contributed by atoms with E-state index in [1.807, 2.05) is 0 Å². The molecule has 10 aromatic carbocycles. The van der Waals surface area contributed by atoms with Crippen LogP contribution in [0.3, 0.4) is 0 Å². The number of aryl methyl sites for hydroxylation is 8. The average Bonchev–Trinajstić information content (AvgIpc) is 3.37. The molecule has 0 heterocycles. The summed E-state index contributed by atoms with van der Waals surface area (Å²) in [6.45, 7) is 0. The third-order valence-electron chi connectivity index (χ3n) is 15.9. The smallest absolute Gasteiger partial charge is 0.0467 e. The Hall–Kier alpha value is -8.20. The maximum atomic E-state index is 2.41. The summed E-state index contributed by atoms with van der Waals surface area (Å²) >= 11 is 0. The maximum Gasteiger partial charge on any atom is 0.0467 e. The fraction of sp³-hybridized carbons (Fsp3) is 0.118. The Bertz CT molecular complexity index is 3200. The highest BCUT2D eigenvalue weighted by Crippen LogP contribution is 2.43. The average molecular weight is 897 g/mol. The van der Waals surface area contributed by atoms with Crippen molar-refractivity contribution in [3.8, 4) is 55.6 Å². The molecule has 70 heavy (non-hydrogen) atoms. The van der Waals surface area contributed by atoms with Crippen molar-refractivity contribution in [3.63, 3.8) is 0 Å². The maximum absolute atomic E-state index is 2.41. The molecule has 0 fully saturated rings. The molecule has 0 N–H and O–H groups in total. The van der Waals surface area contributed by atoms with Gasteiger partial charge in [-0.1, -0.05) is 146 Å². The third kappa shape index (κ3) is 7.34. The van der Waals surface area contributed by atoms with Gasteiger partial charge >= 0.3 is 0 Å². The van der Waals surface area contributed by atoms with Crippen LogP contribution >= 0.6 is 0 Å². The number of hydrogen-bond donors (Lipinski definition) is 0. The van der Waals surface area contributed by atoms with Crippen molar-refractivity contribution in [3.05, 3.63) is 263 Å². The minimum absolute atomic E-state index is 1.11. The molecule has 0 spiro atoms. The van der Waals surface area contributed by atoms with Crippen LogP contribution in [0.2, 0.25) is 0 Å². The first-order valence-electron chi connectivity index (χ1n) is 25.3. The summed E-state index contributed by atoms with van der Waals surface area (Å²) in [5.74, 6) is 0. The number of rotatable bonds is 11. The van der Waals surface area contributed by atoms with Crippen LogP contribution < -0.4 is 9.80 Å². The van der Waals surface area contributed by atoms with E-state index in [-0.39, 0.29) is 0 Å². The monoisotopic (exact) mass is 896 g/mol. The molecule has 334 valence electrons. The minimum Gasteiger partial charge on any atom is -0.310 e. The van der Waals surface area contributed by atoms with E-state index in [1.54, 1.807) is 0 Å². The van der Waals surface area contributed by atoms with Crippen molar-refractivity contribution in [2.45, 2.75) is 51.4 Å². The lowest BCUT2D eigenvalue weighted by Crippen LogP contribution is -2.11. The number of anilines is 6. The second-order valence-electron chi connectivity index (χ2n) is 19.9. The fourth-order valence-electron chi connectivity index (χ4n) is 11.3. The van der Waals surface area contributed by atoms with Crippen LogP contribution in [0, 0.1) is 0 Å². The van der Waals surface area contributed by atoms with Gasteiger partial charge in [-0.25, -0.2) is 0 Å². The van der Waals surface area contributed by atoms with Crippen LogP contribution in [0.15, 0.2) is 218 Å². The van der Waals surface area contributed by atoms with Crippen LogP contribution in [0.1, 0.15) is 44.5 Å². The van der Waals surface area contributed by atoms with E-state index in [4.69, 9.17) is 0 Å². The van der Waals surface area contributed by atoms with Crippen molar-refractivity contribution in [1.82, 2.24) is 0 Å². The molecule has 0 amide bonds. The molecule has 0 bridgehead atoms. The molecule has 0 saturated heterocycles. The van der Waals surface area contributed by atoms with E-state index in [1.165, 1.54) is 140 Å². The lowest BCUT2D eigenvalue weighted by molar-refractivity contribution is 0.840. The molecule has 0 saturated carbocycles. The van der Waals surface area contributed by atoms with Gasteiger partial charge in [-0.2, -0.15) is 0 Å². The zero-order valence-electron chi connectivity index (χ0n) is 39.3. The lowest BCUT2D eigenvalue weighted by atomic mass is 9.86. The number of nitrogens with zero attached hydrogens (tertiary/aromatic N) is 2. The highest BCUT2D eigenvalue weighted by Gasteiger charge is 2.21. The summed E-state index contributed by atoms with van der Waals surface area (Å²) in [5, 5.41) is 0. The van der Waals surface area contributed by atoms with Crippen molar-refractivity contribution in [2.24, 2.45) is 0 Å². The number of benzene rings is 10. The summed E-state index contributed by atoms with van der Waals surface area (Å²) in [5.41, 5.74) is 31.1. The van der Waals surface area contributed by atoms with Gasteiger partial charge in [0.1, 0.15) is 0 Å². The topological polar surface area (TPSA) is 6.48 Å². The van der Waals surface area contributed by atoms with Crippen LogP contribution in [-0.4, -0.2) is 0 Å². The van der Waals surface area contributed by atoms with E-state index in [2.05, 4.69) is 228 Å². The van der Waals surface area contributed by atoms with Crippen LogP contribution in [0.5, 0.6) is 0 Å². The lowest BCUT2D eigenvalue weighted by Gasteiger charge is -2.28. The van der Waals surface area contributed by atoms with Gasteiger partial charge in [0, 0.05) is 34.1 Å². The molecule has 0 aromatic heterocycles. The Morgan fingerprint density at radius 2 is 0.400 bits per heavy atom. The van der Waals surface area contributed by atoms with Crippen molar-refractivity contribution in [2.75, 3.05) is 9.80 Å². The Morgan fingerprint density at radius 3 is 0.629 bits per heavy atom. The van der Waals surface area contributed by atoms with Crippen molar-refractivity contribution >= 4 is 34.1 Å². The zero-order valence-corrected chi connectivity index (χ0v) is 39.3. The summed E-state index contributed by atoms with van der Waals surface area (Å²) in [6.07, 6.45) is 9.52. The van der Waals surface area contributed by atoms with E-state index >= 15 is 0 Å². The summed E-state index contributed by atoms with van der Waals surface area (Å²) in [4.78, 5) is 4.81. The molecule has 4 aliphatic carbocycles. The zero-order chi connectivity index (χ0) is 46.1. The number of hydrogen-bond acceptors (Lipinski definition) is 2. The predicted octanol–water partition coefficient (Wildman–Crippen LogP) is 17.4. The second-order valence-corrected chi connectivity index (χ2v) is 19.9. The van der Waals surface area contributed by atoms with E-state index in [9.17, 15) is 0 Å². The second kappa shape index (κ2) is 16.8. The van der Waals surface area contributed by atoms with Crippen LogP contribution in [0.25, 0.3) is 55.6 Å². The standard InChI is InChI=1S/C68H52N2/c1-3-53(43-67(5-1)69(63-31-23-49(24-32-63)59-19-11-45-7-15-55(45)39-59)64-33-25-50(26-34-64)60-20-12-46-8-16-56(46)40-60)54-4-2-6-68(44-54)70(65-35-27-51(28-36-65)61-21-13-47-9-17-57(47)41-61)66-37-29-52(30-38-66)62-22-14-48-10-18-58(48)42-62/h1-6,11-14,19-44H,7-10,15-18H2.